The van der Waals surface area contributed by atoms with E-state index >= 15 is 0 Å². The van der Waals surface area contributed by atoms with Crippen LogP contribution >= 0.6 is 0 Å². The maximum atomic E-state index is 10.2. The van der Waals surface area contributed by atoms with Gasteiger partial charge in [0.1, 0.15) is 0 Å². The summed E-state index contributed by atoms with van der Waals surface area (Å²) >= 11 is 0. The Hall–Kier alpha value is -0.0400. The molecule has 1 atom stereocenters. The zero-order chi connectivity index (χ0) is 9.76. The number of hydrogen-bond donors (Lipinski definition) is 1. The molecule has 14 heavy (non-hydrogen) atoms. The van der Waals surface area contributed by atoms with Gasteiger partial charge in [-0.2, -0.15) is 0 Å². The van der Waals surface area contributed by atoms with Crippen LogP contribution in [0.3, 0.4) is 0 Å². The van der Waals surface area contributed by atoms with Crippen LogP contribution in [0.4, 0.5) is 0 Å². The maximum Gasteiger partial charge on any atom is 0.0594 e. The number of aliphatic hydroxyl groups is 1. The standard InChI is InChI=1S/C13H22O/c1-2-12(14)13-6-9-3-10(7-13)5-11(4-9)8-13/h9-12,14H,2-8H2,1H3/t9?,10?,11?,12-,13?/m0/s1. The van der Waals surface area contributed by atoms with E-state index in [0.29, 0.717) is 5.41 Å². The first kappa shape index (κ1) is 9.21. The molecule has 0 aromatic heterocycles. The second-order valence-corrected chi connectivity index (χ2v) is 6.20. The van der Waals surface area contributed by atoms with Gasteiger partial charge in [0.2, 0.25) is 0 Å². The number of rotatable bonds is 2. The van der Waals surface area contributed by atoms with E-state index in [1.807, 2.05) is 0 Å². The van der Waals surface area contributed by atoms with Crippen LogP contribution < -0.4 is 0 Å². The van der Waals surface area contributed by atoms with Crippen molar-refractivity contribution in [3.8, 4) is 0 Å². The van der Waals surface area contributed by atoms with Crippen molar-refractivity contribution in [1.82, 2.24) is 0 Å². The first-order valence-electron chi connectivity index (χ1n) is 6.40. The normalized spacial score (nSPS) is 52.3. The third-order valence-electron chi connectivity index (χ3n) is 5.18. The van der Waals surface area contributed by atoms with Gasteiger partial charge in [-0.1, -0.05) is 6.92 Å². The molecule has 0 saturated heterocycles. The van der Waals surface area contributed by atoms with Gasteiger partial charge in [0.25, 0.3) is 0 Å². The molecule has 4 fully saturated rings. The van der Waals surface area contributed by atoms with Crippen LogP contribution in [0, 0.1) is 23.2 Å². The highest BCUT2D eigenvalue weighted by atomic mass is 16.3. The second kappa shape index (κ2) is 2.98. The summed E-state index contributed by atoms with van der Waals surface area (Å²) in [5.41, 5.74) is 0.365. The fourth-order valence-corrected chi connectivity index (χ4v) is 5.02. The lowest BCUT2D eigenvalue weighted by atomic mass is 9.48. The molecule has 4 saturated carbocycles. The summed E-state index contributed by atoms with van der Waals surface area (Å²) < 4.78 is 0. The van der Waals surface area contributed by atoms with Crippen LogP contribution in [0.5, 0.6) is 0 Å². The average Bonchev–Trinajstić information content (AvgIpc) is 2.14. The molecule has 4 bridgehead atoms. The Morgan fingerprint density at radius 2 is 1.50 bits per heavy atom. The minimum atomic E-state index is -0.00380. The van der Waals surface area contributed by atoms with Crippen molar-refractivity contribution in [2.75, 3.05) is 0 Å². The Balaban J connectivity index is 1.87. The third kappa shape index (κ3) is 1.18. The second-order valence-electron chi connectivity index (χ2n) is 6.20. The highest BCUT2D eigenvalue weighted by molar-refractivity contribution is 5.03. The van der Waals surface area contributed by atoms with Crippen molar-refractivity contribution in [2.24, 2.45) is 23.2 Å². The van der Waals surface area contributed by atoms with Gasteiger partial charge in [-0.25, -0.2) is 0 Å². The molecule has 4 aliphatic rings. The van der Waals surface area contributed by atoms with Crippen LogP contribution in [-0.4, -0.2) is 11.2 Å². The molecular weight excluding hydrogens is 172 g/mol. The van der Waals surface area contributed by atoms with E-state index in [0.717, 1.165) is 24.2 Å². The highest BCUT2D eigenvalue weighted by Gasteiger charge is 2.53. The summed E-state index contributed by atoms with van der Waals surface area (Å²) in [5, 5.41) is 10.2. The van der Waals surface area contributed by atoms with Gasteiger partial charge < -0.3 is 5.11 Å². The minimum absolute atomic E-state index is 0.00380. The molecular formula is C13H22O. The van der Waals surface area contributed by atoms with Crippen LogP contribution in [0.2, 0.25) is 0 Å². The van der Waals surface area contributed by atoms with Crippen molar-refractivity contribution < 1.29 is 5.11 Å². The summed E-state index contributed by atoms with van der Waals surface area (Å²) in [6.07, 6.45) is 9.43. The molecule has 0 spiro atoms. The van der Waals surface area contributed by atoms with Crippen LogP contribution in [0.1, 0.15) is 51.9 Å². The molecule has 4 rings (SSSR count). The Morgan fingerprint density at radius 1 is 1.07 bits per heavy atom. The zero-order valence-electron chi connectivity index (χ0n) is 9.21. The van der Waals surface area contributed by atoms with E-state index in [4.69, 9.17) is 0 Å². The largest absolute Gasteiger partial charge is 0.393 e. The van der Waals surface area contributed by atoms with Crippen molar-refractivity contribution in [3.63, 3.8) is 0 Å². The van der Waals surface area contributed by atoms with Gasteiger partial charge in [0, 0.05) is 0 Å². The summed E-state index contributed by atoms with van der Waals surface area (Å²) in [7, 11) is 0. The first-order valence-corrected chi connectivity index (χ1v) is 6.40. The smallest absolute Gasteiger partial charge is 0.0594 e. The quantitative estimate of drug-likeness (QED) is 0.716. The van der Waals surface area contributed by atoms with E-state index in [9.17, 15) is 5.11 Å². The van der Waals surface area contributed by atoms with Crippen molar-refractivity contribution >= 4 is 0 Å². The molecule has 1 nitrogen and oxygen atoms in total. The van der Waals surface area contributed by atoms with Gasteiger partial charge in [-0.3, -0.25) is 0 Å². The molecule has 1 N–H and O–H groups in total. The fourth-order valence-electron chi connectivity index (χ4n) is 5.02. The van der Waals surface area contributed by atoms with E-state index in [2.05, 4.69) is 6.92 Å². The van der Waals surface area contributed by atoms with Crippen LogP contribution in [0.25, 0.3) is 0 Å². The van der Waals surface area contributed by atoms with E-state index < -0.39 is 0 Å². The molecule has 0 amide bonds. The predicted octanol–water partition coefficient (Wildman–Crippen LogP) is 2.97. The Bertz CT molecular complexity index is 198. The number of aliphatic hydroxyl groups excluding tert-OH is 1. The molecule has 0 unspecified atom stereocenters. The predicted molar refractivity (Wildman–Crippen MR) is 56.9 cm³/mol. The lowest BCUT2D eigenvalue weighted by molar-refractivity contribution is -0.120. The average molecular weight is 194 g/mol. The molecule has 0 aliphatic heterocycles. The summed E-state index contributed by atoms with van der Waals surface area (Å²) in [4.78, 5) is 0. The topological polar surface area (TPSA) is 20.2 Å². The Morgan fingerprint density at radius 3 is 1.86 bits per heavy atom. The van der Waals surface area contributed by atoms with Crippen molar-refractivity contribution in [2.45, 2.75) is 58.0 Å². The van der Waals surface area contributed by atoms with E-state index in [-0.39, 0.29) is 6.10 Å². The molecule has 0 heterocycles. The highest BCUT2D eigenvalue weighted by Crippen LogP contribution is 2.61. The van der Waals surface area contributed by atoms with E-state index in [1.54, 1.807) is 0 Å². The summed E-state index contributed by atoms with van der Waals surface area (Å²) in [6, 6.07) is 0. The first-order chi connectivity index (χ1) is 6.72. The molecule has 0 radical (unpaired) electrons. The molecule has 4 aliphatic carbocycles. The summed E-state index contributed by atoms with van der Waals surface area (Å²) in [5.74, 6) is 2.92. The van der Waals surface area contributed by atoms with Crippen molar-refractivity contribution in [1.29, 1.82) is 0 Å². The fraction of sp³-hybridized carbons (Fsp3) is 1.00. The van der Waals surface area contributed by atoms with Crippen LogP contribution in [0.15, 0.2) is 0 Å². The van der Waals surface area contributed by atoms with Gasteiger partial charge >= 0.3 is 0 Å². The van der Waals surface area contributed by atoms with Gasteiger partial charge in [0.05, 0.1) is 6.10 Å². The molecule has 0 aromatic carbocycles. The van der Waals surface area contributed by atoms with Crippen LogP contribution in [-0.2, 0) is 0 Å². The third-order valence-corrected chi connectivity index (χ3v) is 5.18. The Labute approximate surface area is 86.9 Å². The maximum absolute atomic E-state index is 10.2. The lowest BCUT2D eigenvalue weighted by Crippen LogP contribution is -2.51. The molecule has 80 valence electrons. The zero-order valence-corrected chi connectivity index (χ0v) is 9.21. The minimum Gasteiger partial charge on any atom is -0.393 e. The Kier molecular flexibility index (Phi) is 1.96. The SMILES string of the molecule is CC[C@H](O)C12CC3CC(CC(C3)C1)C2. The molecule has 1 heteroatoms. The monoisotopic (exact) mass is 194 g/mol. The van der Waals surface area contributed by atoms with Gasteiger partial charge in [-0.05, 0) is 68.1 Å². The van der Waals surface area contributed by atoms with E-state index in [1.165, 1.54) is 38.5 Å². The van der Waals surface area contributed by atoms with Gasteiger partial charge in [-0.15, -0.1) is 0 Å². The summed E-state index contributed by atoms with van der Waals surface area (Å²) in [6.45, 7) is 2.14. The number of hydrogen-bond acceptors (Lipinski definition) is 1. The van der Waals surface area contributed by atoms with Crippen molar-refractivity contribution in [3.05, 3.63) is 0 Å². The van der Waals surface area contributed by atoms with Gasteiger partial charge in [0.15, 0.2) is 0 Å². The lowest BCUT2D eigenvalue weighted by Gasteiger charge is -2.58. The molecule has 0 aromatic rings.